The first kappa shape index (κ1) is 18.8. The van der Waals surface area contributed by atoms with Crippen LogP contribution in [-0.2, 0) is 21.4 Å². The molecule has 0 bridgehead atoms. The molecule has 1 fully saturated rings. The Kier molecular flexibility index (Phi) is 5.25. The van der Waals surface area contributed by atoms with Gasteiger partial charge in [0, 0.05) is 17.0 Å². The lowest BCUT2D eigenvalue weighted by Gasteiger charge is -2.07. The molecule has 1 aliphatic carbocycles. The van der Waals surface area contributed by atoms with Crippen molar-refractivity contribution in [3.8, 4) is 10.6 Å². The fourth-order valence-electron chi connectivity index (χ4n) is 2.59. The molecule has 8 heteroatoms. The van der Waals surface area contributed by atoms with E-state index in [1.54, 1.807) is 0 Å². The number of nitrogens with zero attached hydrogens (tertiary/aromatic N) is 1. The summed E-state index contributed by atoms with van der Waals surface area (Å²) in [7, 11) is -3.62. The second-order valence-electron chi connectivity index (χ2n) is 6.51. The third-order valence-electron chi connectivity index (χ3n) is 4.20. The molecule has 1 N–H and O–H groups in total. The summed E-state index contributed by atoms with van der Waals surface area (Å²) >= 11 is 1.48. The summed E-state index contributed by atoms with van der Waals surface area (Å²) < 4.78 is 32.5. The summed E-state index contributed by atoms with van der Waals surface area (Å²) in [5, 5.41) is 2.70. The van der Waals surface area contributed by atoms with E-state index >= 15 is 0 Å². The average molecular weight is 415 g/mol. The molecule has 4 rings (SSSR count). The molecule has 1 saturated carbocycles. The molecule has 0 aliphatic heterocycles. The van der Waals surface area contributed by atoms with Crippen LogP contribution in [-0.4, -0.2) is 25.4 Å². The molecule has 0 spiro atoms. The van der Waals surface area contributed by atoms with Gasteiger partial charge >= 0.3 is 5.97 Å². The molecule has 2 aromatic carbocycles. The SMILES string of the molecule is O=C(OCc1csc(-c2ccccc2)n1)c1cccc(S(=O)(=O)NC2CC2)c1. The number of aromatic nitrogens is 1. The van der Waals surface area contributed by atoms with Gasteiger partial charge in [-0.05, 0) is 31.0 Å². The number of rotatable bonds is 7. The van der Waals surface area contributed by atoms with Crippen LogP contribution in [0.3, 0.4) is 0 Å². The molecule has 1 heterocycles. The van der Waals surface area contributed by atoms with Crippen LogP contribution < -0.4 is 4.72 Å². The molecule has 28 heavy (non-hydrogen) atoms. The van der Waals surface area contributed by atoms with Crippen molar-refractivity contribution < 1.29 is 17.9 Å². The normalized spacial score (nSPS) is 14.0. The summed E-state index contributed by atoms with van der Waals surface area (Å²) in [5.74, 6) is -0.585. The van der Waals surface area contributed by atoms with Crippen molar-refractivity contribution in [2.24, 2.45) is 0 Å². The minimum absolute atomic E-state index is 0.00378. The maximum atomic E-state index is 12.3. The quantitative estimate of drug-likeness (QED) is 0.597. The van der Waals surface area contributed by atoms with Gasteiger partial charge in [-0.3, -0.25) is 0 Å². The Labute approximate surface area is 167 Å². The van der Waals surface area contributed by atoms with Crippen molar-refractivity contribution in [3.05, 3.63) is 71.2 Å². The van der Waals surface area contributed by atoms with Crippen LogP contribution >= 0.6 is 11.3 Å². The molecular weight excluding hydrogens is 396 g/mol. The average Bonchev–Trinajstić information content (AvgIpc) is 3.39. The van der Waals surface area contributed by atoms with E-state index in [1.165, 1.54) is 35.6 Å². The van der Waals surface area contributed by atoms with Crippen molar-refractivity contribution in [2.45, 2.75) is 30.4 Å². The number of carbonyl (C=O) groups is 1. The predicted molar refractivity (Wildman–Crippen MR) is 106 cm³/mol. The van der Waals surface area contributed by atoms with Gasteiger partial charge in [0.15, 0.2) is 0 Å². The molecular formula is C20H18N2O4S2. The van der Waals surface area contributed by atoms with Gasteiger partial charge in [0.25, 0.3) is 0 Å². The highest BCUT2D eigenvalue weighted by molar-refractivity contribution is 7.89. The van der Waals surface area contributed by atoms with E-state index in [0.29, 0.717) is 5.69 Å². The smallest absolute Gasteiger partial charge is 0.338 e. The van der Waals surface area contributed by atoms with E-state index in [4.69, 9.17) is 4.74 Å². The van der Waals surface area contributed by atoms with Crippen molar-refractivity contribution in [2.75, 3.05) is 0 Å². The second-order valence-corrected chi connectivity index (χ2v) is 9.08. The van der Waals surface area contributed by atoms with E-state index < -0.39 is 16.0 Å². The Hall–Kier alpha value is -2.55. The Balaban J connectivity index is 1.42. The number of benzene rings is 2. The summed E-state index contributed by atoms with van der Waals surface area (Å²) in [6.07, 6.45) is 1.69. The topological polar surface area (TPSA) is 85.4 Å². The highest BCUT2D eigenvalue weighted by atomic mass is 32.2. The van der Waals surface area contributed by atoms with Gasteiger partial charge in [0.05, 0.1) is 16.2 Å². The Morgan fingerprint density at radius 2 is 1.93 bits per heavy atom. The zero-order valence-electron chi connectivity index (χ0n) is 14.9. The van der Waals surface area contributed by atoms with Gasteiger partial charge in [-0.2, -0.15) is 0 Å². The first-order valence-electron chi connectivity index (χ1n) is 8.80. The van der Waals surface area contributed by atoms with E-state index in [-0.39, 0.29) is 23.1 Å². The molecule has 0 amide bonds. The van der Waals surface area contributed by atoms with E-state index in [9.17, 15) is 13.2 Å². The Morgan fingerprint density at radius 3 is 2.68 bits per heavy atom. The lowest BCUT2D eigenvalue weighted by molar-refractivity contribution is 0.0468. The maximum Gasteiger partial charge on any atom is 0.338 e. The van der Waals surface area contributed by atoms with Crippen LogP contribution in [0.4, 0.5) is 0 Å². The number of esters is 1. The van der Waals surface area contributed by atoms with Crippen LogP contribution in [0, 0.1) is 0 Å². The van der Waals surface area contributed by atoms with Gasteiger partial charge in [-0.15, -0.1) is 11.3 Å². The van der Waals surface area contributed by atoms with Crippen LogP contribution in [0.5, 0.6) is 0 Å². The lowest BCUT2D eigenvalue weighted by atomic mass is 10.2. The minimum atomic E-state index is -3.62. The maximum absolute atomic E-state index is 12.3. The molecule has 1 aromatic heterocycles. The molecule has 3 aromatic rings. The minimum Gasteiger partial charge on any atom is -0.456 e. The van der Waals surface area contributed by atoms with Crippen LogP contribution in [0.25, 0.3) is 10.6 Å². The number of hydrogen-bond donors (Lipinski definition) is 1. The number of ether oxygens (including phenoxy) is 1. The third kappa shape index (κ3) is 4.46. The number of sulfonamides is 1. The third-order valence-corrected chi connectivity index (χ3v) is 6.66. The monoisotopic (exact) mass is 414 g/mol. The van der Waals surface area contributed by atoms with Gasteiger partial charge in [-0.25, -0.2) is 22.9 Å². The molecule has 0 atom stereocenters. The molecule has 144 valence electrons. The first-order chi connectivity index (χ1) is 13.5. The van der Waals surface area contributed by atoms with Crippen LogP contribution in [0.15, 0.2) is 64.9 Å². The zero-order valence-corrected chi connectivity index (χ0v) is 16.5. The van der Waals surface area contributed by atoms with Gasteiger partial charge in [0.2, 0.25) is 10.0 Å². The van der Waals surface area contributed by atoms with E-state index in [1.807, 2.05) is 35.7 Å². The fourth-order valence-corrected chi connectivity index (χ4v) is 4.75. The predicted octanol–water partition coefficient (Wildman–Crippen LogP) is 3.61. The van der Waals surface area contributed by atoms with E-state index in [0.717, 1.165) is 23.4 Å². The molecule has 0 radical (unpaired) electrons. The Bertz CT molecular complexity index is 1090. The molecule has 0 unspecified atom stereocenters. The highest BCUT2D eigenvalue weighted by Crippen LogP contribution is 2.24. The van der Waals surface area contributed by atoms with Gasteiger partial charge in [-0.1, -0.05) is 36.4 Å². The lowest BCUT2D eigenvalue weighted by Crippen LogP contribution is -2.25. The highest BCUT2D eigenvalue weighted by Gasteiger charge is 2.28. The summed E-state index contributed by atoms with van der Waals surface area (Å²) in [4.78, 5) is 16.9. The summed E-state index contributed by atoms with van der Waals surface area (Å²) in [6, 6.07) is 15.6. The standard InChI is InChI=1S/C20H18N2O4S2/c23-20(15-7-4-8-18(11-15)28(24,25)22-16-9-10-16)26-12-17-13-27-19(21-17)14-5-2-1-3-6-14/h1-8,11,13,16,22H,9-10,12H2. The first-order valence-corrected chi connectivity index (χ1v) is 11.2. The van der Waals surface area contributed by atoms with Crippen LogP contribution in [0.1, 0.15) is 28.9 Å². The van der Waals surface area contributed by atoms with Gasteiger partial charge in [0.1, 0.15) is 11.6 Å². The fraction of sp³-hybridized carbons (Fsp3) is 0.200. The number of thiazole rings is 1. The number of nitrogens with one attached hydrogen (secondary N) is 1. The summed E-state index contributed by atoms with van der Waals surface area (Å²) in [6.45, 7) is 0.0273. The summed E-state index contributed by atoms with van der Waals surface area (Å²) in [5.41, 5.74) is 1.85. The van der Waals surface area contributed by atoms with Crippen molar-refractivity contribution >= 4 is 27.3 Å². The van der Waals surface area contributed by atoms with Gasteiger partial charge < -0.3 is 4.74 Å². The largest absolute Gasteiger partial charge is 0.456 e. The molecule has 0 saturated heterocycles. The molecule has 6 nitrogen and oxygen atoms in total. The molecule has 1 aliphatic rings. The van der Waals surface area contributed by atoms with Crippen LogP contribution in [0.2, 0.25) is 0 Å². The number of carbonyl (C=O) groups excluding carboxylic acids is 1. The van der Waals surface area contributed by atoms with Crippen molar-refractivity contribution in [3.63, 3.8) is 0 Å². The van der Waals surface area contributed by atoms with E-state index in [2.05, 4.69) is 9.71 Å². The second kappa shape index (κ2) is 7.83. The number of hydrogen-bond acceptors (Lipinski definition) is 6. The zero-order chi connectivity index (χ0) is 19.6. The van der Waals surface area contributed by atoms with Crippen molar-refractivity contribution in [1.82, 2.24) is 9.71 Å². The Morgan fingerprint density at radius 1 is 1.14 bits per heavy atom. The van der Waals surface area contributed by atoms with Crippen molar-refractivity contribution in [1.29, 1.82) is 0 Å².